The summed E-state index contributed by atoms with van der Waals surface area (Å²) in [6.07, 6.45) is 0. The molecule has 0 saturated carbocycles. The lowest BCUT2D eigenvalue weighted by Gasteiger charge is -2.04. The zero-order valence-corrected chi connectivity index (χ0v) is 7.44. The maximum atomic E-state index is 12.9. The van der Waals surface area contributed by atoms with Crippen molar-refractivity contribution in [2.24, 2.45) is 0 Å². The molecule has 0 amide bonds. The van der Waals surface area contributed by atoms with Gasteiger partial charge in [-0.05, 0) is 34.5 Å². The topological polar surface area (TPSA) is 46.2 Å². The van der Waals surface area contributed by atoms with Gasteiger partial charge >= 0.3 is 0 Å². The molecule has 0 fully saturated rings. The van der Waals surface area contributed by atoms with Crippen molar-refractivity contribution in [1.29, 1.82) is 0 Å². The third kappa shape index (κ3) is 1.30. The number of benzene rings is 1. The van der Waals surface area contributed by atoms with Crippen LogP contribution in [-0.2, 0) is 0 Å². The van der Waals surface area contributed by atoms with Gasteiger partial charge < -0.3 is 10.8 Å². The first-order valence-corrected chi connectivity index (χ1v) is 3.76. The van der Waals surface area contributed by atoms with Crippen molar-refractivity contribution in [2.75, 3.05) is 5.73 Å². The van der Waals surface area contributed by atoms with Crippen LogP contribution in [0.3, 0.4) is 0 Å². The van der Waals surface area contributed by atoms with Gasteiger partial charge in [0.25, 0.3) is 0 Å². The second kappa shape index (κ2) is 2.70. The Hall–Kier alpha value is -0.770. The second-order valence-electron chi connectivity index (χ2n) is 2.26. The lowest BCUT2D eigenvalue weighted by Crippen LogP contribution is -1.91. The molecule has 2 nitrogen and oxygen atoms in total. The van der Waals surface area contributed by atoms with E-state index in [1.54, 1.807) is 6.92 Å². The van der Waals surface area contributed by atoms with Gasteiger partial charge in [-0.3, -0.25) is 0 Å². The van der Waals surface area contributed by atoms with Crippen LogP contribution in [0.15, 0.2) is 10.5 Å². The van der Waals surface area contributed by atoms with Crippen molar-refractivity contribution >= 4 is 21.6 Å². The first-order valence-electron chi connectivity index (χ1n) is 2.97. The van der Waals surface area contributed by atoms with Crippen molar-refractivity contribution < 1.29 is 9.50 Å². The van der Waals surface area contributed by atoms with Crippen molar-refractivity contribution in [3.8, 4) is 5.75 Å². The van der Waals surface area contributed by atoms with Gasteiger partial charge in [0.05, 0.1) is 10.2 Å². The maximum absolute atomic E-state index is 12.9. The standard InChI is InChI=1S/C7H7BrFNO/c1-3-2-4(10)7(11)5(8)6(3)9/h2,11H,10H2,1H3. The van der Waals surface area contributed by atoms with Crippen LogP contribution in [0.5, 0.6) is 5.75 Å². The number of phenols is 1. The van der Waals surface area contributed by atoms with Crippen LogP contribution in [0.1, 0.15) is 5.56 Å². The molecule has 0 atom stereocenters. The van der Waals surface area contributed by atoms with E-state index in [1.165, 1.54) is 6.07 Å². The van der Waals surface area contributed by atoms with E-state index in [4.69, 9.17) is 10.8 Å². The first kappa shape index (κ1) is 8.33. The molecule has 3 N–H and O–H groups in total. The predicted octanol–water partition coefficient (Wildman–Crippen LogP) is 2.18. The normalized spacial score (nSPS) is 10.1. The van der Waals surface area contributed by atoms with Gasteiger partial charge in [0.1, 0.15) is 5.82 Å². The van der Waals surface area contributed by atoms with E-state index in [-0.39, 0.29) is 15.9 Å². The minimum Gasteiger partial charge on any atom is -0.505 e. The van der Waals surface area contributed by atoms with Crippen LogP contribution >= 0.6 is 15.9 Å². The van der Waals surface area contributed by atoms with E-state index in [0.717, 1.165) is 0 Å². The quantitative estimate of drug-likeness (QED) is 0.520. The molecular formula is C7H7BrFNO. The fourth-order valence-electron chi connectivity index (χ4n) is 0.769. The minimum atomic E-state index is -0.475. The molecule has 0 aromatic heterocycles. The highest BCUT2D eigenvalue weighted by Crippen LogP contribution is 2.33. The van der Waals surface area contributed by atoms with Crippen molar-refractivity contribution in [3.05, 3.63) is 21.9 Å². The third-order valence-corrected chi connectivity index (χ3v) is 2.12. The number of aryl methyl sites for hydroxylation is 1. The van der Waals surface area contributed by atoms with Gasteiger partial charge in [-0.2, -0.15) is 0 Å². The van der Waals surface area contributed by atoms with E-state index in [9.17, 15) is 4.39 Å². The van der Waals surface area contributed by atoms with Crippen LogP contribution < -0.4 is 5.73 Å². The van der Waals surface area contributed by atoms with Gasteiger partial charge in [0.2, 0.25) is 0 Å². The molecule has 60 valence electrons. The van der Waals surface area contributed by atoms with Gasteiger partial charge in [-0.1, -0.05) is 0 Å². The van der Waals surface area contributed by atoms with E-state index in [1.807, 2.05) is 0 Å². The van der Waals surface area contributed by atoms with Crippen molar-refractivity contribution in [1.82, 2.24) is 0 Å². The Morgan fingerprint density at radius 2 is 2.18 bits per heavy atom. The summed E-state index contributed by atoms with van der Waals surface area (Å²) < 4.78 is 12.9. The molecule has 0 spiro atoms. The van der Waals surface area contributed by atoms with E-state index < -0.39 is 5.82 Å². The van der Waals surface area contributed by atoms with Crippen LogP contribution in [0.2, 0.25) is 0 Å². The van der Waals surface area contributed by atoms with Gasteiger partial charge in [0.15, 0.2) is 5.75 Å². The molecule has 1 aromatic rings. The smallest absolute Gasteiger partial charge is 0.155 e. The Labute approximate surface area is 72.0 Å². The second-order valence-corrected chi connectivity index (χ2v) is 3.05. The zero-order valence-electron chi connectivity index (χ0n) is 5.86. The molecule has 1 rings (SSSR count). The predicted molar refractivity (Wildman–Crippen MR) is 44.9 cm³/mol. The highest BCUT2D eigenvalue weighted by Gasteiger charge is 2.10. The molecule has 11 heavy (non-hydrogen) atoms. The summed E-state index contributed by atoms with van der Waals surface area (Å²) in [6.45, 7) is 1.58. The molecule has 0 aliphatic rings. The van der Waals surface area contributed by atoms with Crippen LogP contribution in [-0.4, -0.2) is 5.11 Å². The summed E-state index contributed by atoms with van der Waals surface area (Å²) in [7, 11) is 0. The Morgan fingerprint density at radius 1 is 1.64 bits per heavy atom. The molecule has 0 aliphatic heterocycles. The number of nitrogen functional groups attached to an aromatic ring is 1. The Balaban J connectivity index is 3.46. The molecule has 0 bridgehead atoms. The highest BCUT2D eigenvalue weighted by molar-refractivity contribution is 9.10. The number of anilines is 1. The zero-order chi connectivity index (χ0) is 8.59. The third-order valence-electron chi connectivity index (χ3n) is 1.39. The first-order chi connectivity index (χ1) is 5.04. The molecular weight excluding hydrogens is 213 g/mol. The molecule has 0 saturated heterocycles. The number of phenolic OH excluding ortho intramolecular Hbond substituents is 1. The molecule has 1 aromatic carbocycles. The average Bonchev–Trinajstić information content (AvgIpc) is 1.97. The number of aromatic hydroxyl groups is 1. The SMILES string of the molecule is Cc1cc(N)c(O)c(Br)c1F. The van der Waals surface area contributed by atoms with E-state index >= 15 is 0 Å². The van der Waals surface area contributed by atoms with Gasteiger partial charge in [-0.25, -0.2) is 4.39 Å². The monoisotopic (exact) mass is 219 g/mol. The number of hydrogen-bond acceptors (Lipinski definition) is 2. The molecule has 4 heteroatoms. The van der Waals surface area contributed by atoms with Crippen LogP contribution in [0, 0.1) is 12.7 Å². The number of nitrogens with two attached hydrogens (primary N) is 1. The molecule has 0 heterocycles. The number of rotatable bonds is 0. The number of halogens is 2. The summed E-state index contributed by atoms with van der Waals surface area (Å²) in [4.78, 5) is 0. The Kier molecular flexibility index (Phi) is 2.04. The molecule has 0 radical (unpaired) electrons. The molecule has 0 unspecified atom stereocenters. The summed E-state index contributed by atoms with van der Waals surface area (Å²) in [5.74, 6) is -0.718. The van der Waals surface area contributed by atoms with Crippen molar-refractivity contribution in [2.45, 2.75) is 6.92 Å². The minimum absolute atomic E-state index is 0.0231. The van der Waals surface area contributed by atoms with Crippen LogP contribution in [0.4, 0.5) is 10.1 Å². The maximum Gasteiger partial charge on any atom is 0.155 e. The number of hydrogen-bond donors (Lipinski definition) is 2. The lowest BCUT2D eigenvalue weighted by atomic mass is 10.2. The largest absolute Gasteiger partial charge is 0.505 e. The van der Waals surface area contributed by atoms with Crippen molar-refractivity contribution in [3.63, 3.8) is 0 Å². The van der Waals surface area contributed by atoms with E-state index in [2.05, 4.69) is 15.9 Å². The van der Waals surface area contributed by atoms with Gasteiger partial charge in [-0.15, -0.1) is 0 Å². The van der Waals surface area contributed by atoms with Crippen LogP contribution in [0.25, 0.3) is 0 Å². The summed E-state index contributed by atoms with van der Waals surface area (Å²) in [6, 6.07) is 1.38. The lowest BCUT2D eigenvalue weighted by molar-refractivity contribution is 0.466. The fraction of sp³-hybridized carbons (Fsp3) is 0.143. The summed E-state index contributed by atoms with van der Waals surface area (Å²) >= 11 is 2.88. The van der Waals surface area contributed by atoms with E-state index in [0.29, 0.717) is 5.56 Å². The average molecular weight is 220 g/mol. The Bertz CT molecular complexity index is 275. The van der Waals surface area contributed by atoms with Gasteiger partial charge in [0, 0.05) is 0 Å². The fourth-order valence-corrected chi connectivity index (χ4v) is 1.31. The molecule has 0 aliphatic carbocycles. The Morgan fingerprint density at radius 3 is 2.73 bits per heavy atom. The summed E-state index contributed by atoms with van der Waals surface area (Å²) in [5.41, 5.74) is 5.93. The summed E-state index contributed by atoms with van der Waals surface area (Å²) in [5, 5.41) is 9.10. The highest BCUT2D eigenvalue weighted by atomic mass is 79.9.